The van der Waals surface area contributed by atoms with Gasteiger partial charge in [0.15, 0.2) is 5.11 Å². The van der Waals surface area contributed by atoms with Gasteiger partial charge in [-0.1, -0.05) is 12.1 Å². The molecule has 2 N–H and O–H groups in total. The van der Waals surface area contributed by atoms with Crippen LogP contribution in [0.25, 0.3) is 0 Å². The zero-order valence-electron chi connectivity index (χ0n) is 9.71. The van der Waals surface area contributed by atoms with E-state index in [1.54, 1.807) is 36.4 Å². The van der Waals surface area contributed by atoms with Crippen molar-refractivity contribution in [1.82, 2.24) is 5.32 Å². The van der Waals surface area contributed by atoms with Crippen LogP contribution in [0, 0.1) is 11.3 Å². The number of nitriles is 1. The number of nitrogens with one attached hydrogen (secondary N) is 2. The second-order valence-corrected chi connectivity index (χ2v) is 4.93. The maximum atomic E-state index is 11.7. The number of rotatable bonds is 2. The van der Waals surface area contributed by atoms with Crippen LogP contribution in [0.3, 0.4) is 0 Å². The van der Waals surface area contributed by atoms with E-state index in [0.717, 1.165) is 0 Å². The van der Waals surface area contributed by atoms with Crippen LogP contribution >= 0.6 is 23.6 Å². The molecule has 1 heterocycles. The smallest absolute Gasteiger partial charge is 0.267 e. The van der Waals surface area contributed by atoms with Crippen LogP contribution in [-0.2, 0) is 0 Å². The molecule has 0 spiro atoms. The van der Waals surface area contributed by atoms with Gasteiger partial charge in [-0.3, -0.25) is 10.1 Å². The van der Waals surface area contributed by atoms with Crippen molar-refractivity contribution < 1.29 is 4.79 Å². The fourth-order valence-electron chi connectivity index (χ4n) is 1.40. The van der Waals surface area contributed by atoms with Gasteiger partial charge in [0.2, 0.25) is 0 Å². The monoisotopic (exact) mass is 287 g/mol. The Morgan fingerprint density at radius 2 is 2.16 bits per heavy atom. The summed E-state index contributed by atoms with van der Waals surface area (Å²) in [7, 11) is 0. The van der Waals surface area contributed by atoms with E-state index in [4.69, 9.17) is 17.5 Å². The Labute approximate surface area is 119 Å². The molecule has 0 aliphatic carbocycles. The second-order valence-electron chi connectivity index (χ2n) is 3.58. The highest BCUT2D eigenvalue weighted by Crippen LogP contribution is 2.10. The third-order valence-electron chi connectivity index (χ3n) is 2.22. The molecule has 0 atom stereocenters. The molecule has 4 nitrogen and oxygen atoms in total. The Morgan fingerprint density at radius 3 is 2.84 bits per heavy atom. The average molecular weight is 287 g/mol. The zero-order valence-corrected chi connectivity index (χ0v) is 11.3. The summed E-state index contributed by atoms with van der Waals surface area (Å²) in [6.45, 7) is 0. The molecule has 0 unspecified atom stereocenters. The quantitative estimate of drug-likeness (QED) is 0.834. The van der Waals surface area contributed by atoms with Crippen LogP contribution < -0.4 is 10.6 Å². The van der Waals surface area contributed by atoms with Crippen LogP contribution in [-0.4, -0.2) is 11.0 Å². The number of carbonyl (C=O) groups excluding carboxylic acids is 1. The number of benzene rings is 1. The number of hydrogen-bond acceptors (Lipinski definition) is 4. The van der Waals surface area contributed by atoms with Crippen LogP contribution in [0.1, 0.15) is 15.2 Å². The molecule has 0 aliphatic heterocycles. The Kier molecular flexibility index (Phi) is 4.23. The fourth-order valence-corrected chi connectivity index (χ4v) is 2.23. The van der Waals surface area contributed by atoms with Crippen LogP contribution in [0.2, 0.25) is 0 Å². The van der Waals surface area contributed by atoms with Crippen molar-refractivity contribution in [2.24, 2.45) is 0 Å². The number of amides is 1. The Balaban J connectivity index is 1.98. The molecular weight excluding hydrogens is 278 g/mol. The first-order valence-electron chi connectivity index (χ1n) is 5.35. The van der Waals surface area contributed by atoms with Gasteiger partial charge in [0.25, 0.3) is 5.91 Å². The molecule has 2 rings (SSSR count). The number of anilines is 1. The largest absolute Gasteiger partial charge is 0.332 e. The fraction of sp³-hybridized carbons (Fsp3) is 0. The normalized spacial score (nSPS) is 9.42. The van der Waals surface area contributed by atoms with Crippen LogP contribution in [0.4, 0.5) is 5.69 Å². The van der Waals surface area contributed by atoms with Gasteiger partial charge in [0.05, 0.1) is 16.5 Å². The van der Waals surface area contributed by atoms with Gasteiger partial charge in [-0.2, -0.15) is 5.26 Å². The van der Waals surface area contributed by atoms with E-state index in [0.29, 0.717) is 16.1 Å². The van der Waals surface area contributed by atoms with Crippen LogP contribution in [0.15, 0.2) is 41.8 Å². The number of thiocarbonyl (C=S) groups is 1. The first-order valence-corrected chi connectivity index (χ1v) is 6.64. The van der Waals surface area contributed by atoms with Gasteiger partial charge < -0.3 is 5.32 Å². The standard InChI is InChI=1S/C13H9N3OS2/c14-8-9-3-1-4-10(7-9)15-13(18)16-12(17)11-5-2-6-19-11/h1-7H,(H2,15,16,17,18). The van der Waals surface area contributed by atoms with E-state index in [-0.39, 0.29) is 11.0 Å². The van der Waals surface area contributed by atoms with E-state index >= 15 is 0 Å². The van der Waals surface area contributed by atoms with Gasteiger partial charge in [0, 0.05) is 5.69 Å². The molecule has 2 aromatic rings. The first kappa shape index (κ1) is 13.2. The molecule has 1 aromatic heterocycles. The molecule has 19 heavy (non-hydrogen) atoms. The SMILES string of the molecule is N#Cc1cccc(NC(=S)NC(=O)c2cccs2)c1. The number of nitrogens with zero attached hydrogens (tertiary/aromatic N) is 1. The predicted molar refractivity (Wildman–Crippen MR) is 79.2 cm³/mol. The molecule has 0 aliphatic rings. The highest BCUT2D eigenvalue weighted by molar-refractivity contribution is 7.80. The summed E-state index contributed by atoms with van der Waals surface area (Å²) >= 11 is 6.39. The van der Waals surface area contributed by atoms with Gasteiger partial charge >= 0.3 is 0 Å². The number of hydrogen-bond donors (Lipinski definition) is 2. The molecule has 94 valence electrons. The number of thiophene rings is 1. The molecule has 6 heteroatoms. The van der Waals surface area contributed by atoms with Crippen molar-refractivity contribution in [1.29, 1.82) is 5.26 Å². The first-order chi connectivity index (χ1) is 9.19. The molecule has 1 amide bonds. The molecule has 0 fully saturated rings. The maximum absolute atomic E-state index is 11.7. The minimum atomic E-state index is -0.246. The highest BCUT2D eigenvalue weighted by atomic mass is 32.1. The summed E-state index contributed by atoms with van der Waals surface area (Å²) in [4.78, 5) is 12.3. The lowest BCUT2D eigenvalue weighted by Crippen LogP contribution is -2.33. The lowest BCUT2D eigenvalue weighted by Gasteiger charge is -2.08. The van der Waals surface area contributed by atoms with Crippen molar-refractivity contribution in [3.63, 3.8) is 0 Å². The van der Waals surface area contributed by atoms with Gasteiger partial charge in [0.1, 0.15) is 0 Å². The summed E-state index contributed by atoms with van der Waals surface area (Å²) in [5.41, 5.74) is 1.19. The van der Waals surface area contributed by atoms with Crippen molar-refractivity contribution >= 4 is 40.3 Å². The molecule has 0 saturated heterocycles. The third-order valence-corrected chi connectivity index (χ3v) is 3.29. The van der Waals surface area contributed by atoms with E-state index in [1.165, 1.54) is 11.3 Å². The summed E-state index contributed by atoms with van der Waals surface area (Å²) in [6, 6.07) is 12.4. The lowest BCUT2D eigenvalue weighted by molar-refractivity contribution is 0.0981. The average Bonchev–Trinajstić information content (AvgIpc) is 2.92. The van der Waals surface area contributed by atoms with Crippen molar-refractivity contribution in [3.05, 3.63) is 52.2 Å². The minimum absolute atomic E-state index is 0.202. The van der Waals surface area contributed by atoms with Crippen molar-refractivity contribution in [3.8, 4) is 6.07 Å². The highest BCUT2D eigenvalue weighted by Gasteiger charge is 2.08. The topological polar surface area (TPSA) is 64.9 Å². The Hall–Kier alpha value is -2.23. The van der Waals surface area contributed by atoms with E-state index < -0.39 is 0 Å². The van der Waals surface area contributed by atoms with Gasteiger partial charge in [-0.15, -0.1) is 11.3 Å². The van der Waals surface area contributed by atoms with E-state index in [9.17, 15) is 4.79 Å². The predicted octanol–water partition coefficient (Wildman–Crippen LogP) is 2.75. The molecule has 0 bridgehead atoms. The van der Waals surface area contributed by atoms with E-state index in [2.05, 4.69) is 10.6 Å². The zero-order chi connectivity index (χ0) is 13.7. The molecule has 1 aromatic carbocycles. The summed E-state index contributed by atoms with van der Waals surface area (Å²) < 4.78 is 0. The molecular formula is C13H9N3OS2. The Bertz CT molecular complexity index is 644. The summed E-state index contributed by atoms with van der Waals surface area (Å²) in [5.74, 6) is -0.246. The lowest BCUT2D eigenvalue weighted by atomic mass is 10.2. The summed E-state index contributed by atoms with van der Waals surface area (Å²) in [5, 5.41) is 16.3. The Morgan fingerprint density at radius 1 is 1.32 bits per heavy atom. The molecule has 0 saturated carbocycles. The van der Waals surface area contributed by atoms with Crippen molar-refractivity contribution in [2.75, 3.05) is 5.32 Å². The van der Waals surface area contributed by atoms with Crippen molar-refractivity contribution in [2.45, 2.75) is 0 Å². The minimum Gasteiger partial charge on any atom is -0.332 e. The van der Waals surface area contributed by atoms with Gasteiger partial charge in [-0.25, -0.2) is 0 Å². The second kappa shape index (κ2) is 6.09. The van der Waals surface area contributed by atoms with E-state index in [1.807, 2.05) is 11.4 Å². The summed E-state index contributed by atoms with van der Waals surface area (Å²) in [6.07, 6.45) is 0. The number of carbonyl (C=O) groups is 1. The van der Waals surface area contributed by atoms with Gasteiger partial charge in [-0.05, 0) is 41.9 Å². The maximum Gasteiger partial charge on any atom is 0.267 e. The molecule has 0 radical (unpaired) electrons. The third kappa shape index (κ3) is 3.61. The van der Waals surface area contributed by atoms with Crippen LogP contribution in [0.5, 0.6) is 0 Å².